The number of aryl methyl sites for hydroxylation is 3. The summed E-state index contributed by atoms with van der Waals surface area (Å²) in [4.78, 5) is 0. The van der Waals surface area contributed by atoms with Gasteiger partial charge in [0.05, 0.1) is 0 Å². The molecule has 0 fully saturated rings. The maximum atomic E-state index is 5.86. The molecule has 0 saturated carbocycles. The van der Waals surface area contributed by atoms with Crippen molar-refractivity contribution in [1.82, 2.24) is 0 Å². The first kappa shape index (κ1) is 10.1. The third-order valence-electron chi connectivity index (χ3n) is 2.49. The summed E-state index contributed by atoms with van der Waals surface area (Å²) in [6.07, 6.45) is 3.46. The van der Waals surface area contributed by atoms with Gasteiger partial charge in [0, 0.05) is 5.69 Å². The van der Waals surface area contributed by atoms with Crippen molar-refractivity contribution >= 4 is 5.69 Å². The van der Waals surface area contributed by atoms with E-state index in [0.717, 1.165) is 12.1 Å². The Kier molecular flexibility index (Phi) is 3.35. The molecule has 1 aromatic carbocycles. The highest BCUT2D eigenvalue weighted by Crippen LogP contribution is 2.20. The van der Waals surface area contributed by atoms with Crippen LogP contribution in [0.4, 0.5) is 5.69 Å². The van der Waals surface area contributed by atoms with Gasteiger partial charge in [-0.15, -0.1) is 0 Å². The van der Waals surface area contributed by atoms with Crippen molar-refractivity contribution in [3.05, 3.63) is 28.8 Å². The summed E-state index contributed by atoms with van der Waals surface area (Å²) < 4.78 is 0. The molecule has 0 saturated heterocycles. The van der Waals surface area contributed by atoms with Crippen LogP contribution in [-0.4, -0.2) is 0 Å². The Hall–Kier alpha value is -0.980. The van der Waals surface area contributed by atoms with E-state index in [1.807, 2.05) is 0 Å². The van der Waals surface area contributed by atoms with Gasteiger partial charge in [0.25, 0.3) is 0 Å². The minimum Gasteiger partial charge on any atom is -0.399 e. The van der Waals surface area contributed by atoms with E-state index in [4.69, 9.17) is 5.73 Å². The Labute approximate surface area is 81.0 Å². The molecule has 13 heavy (non-hydrogen) atoms. The number of rotatable bonds is 3. The van der Waals surface area contributed by atoms with Crippen LogP contribution in [0.15, 0.2) is 12.1 Å². The number of nitrogens with two attached hydrogens (primary N) is 1. The van der Waals surface area contributed by atoms with Crippen molar-refractivity contribution in [2.45, 2.75) is 40.0 Å². The highest BCUT2D eigenvalue weighted by molar-refractivity contribution is 5.51. The number of hydrogen-bond donors (Lipinski definition) is 1. The smallest absolute Gasteiger partial charge is 0.0346 e. The van der Waals surface area contributed by atoms with Crippen LogP contribution in [0.1, 0.15) is 37.0 Å². The fourth-order valence-corrected chi connectivity index (χ4v) is 1.66. The van der Waals surface area contributed by atoms with E-state index < -0.39 is 0 Å². The fourth-order valence-electron chi connectivity index (χ4n) is 1.66. The average Bonchev–Trinajstić information content (AvgIpc) is 2.11. The maximum absolute atomic E-state index is 5.86. The van der Waals surface area contributed by atoms with Gasteiger partial charge in [0.1, 0.15) is 0 Å². The van der Waals surface area contributed by atoms with E-state index in [9.17, 15) is 0 Å². The zero-order valence-electron chi connectivity index (χ0n) is 8.85. The molecule has 1 heteroatoms. The first-order valence-electron chi connectivity index (χ1n) is 5.06. The molecule has 1 aromatic rings. The Morgan fingerprint density at radius 1 is 1.15 bits per heavy atom. The molecule has 0 aliphatic carbocycles. The van der Waals surface area contributed by atoms with Gasteiger partial charge in [-0.3, -0.25) is 0 Å². The molecule has 0 aliphatic heterocycles. The fraction of sp³-hybridized carbons (Fsp3) is 0.500. The van der Waals surface area contributed by atoms with E-state index in [1.165, 1.54) is 29.5 Å². The SMILES string of the molecule is CCCc1cc(C)c(N)cc1CC. The van der Waals surface area contributed by atoms with Crippen LogP contribution in [0.2, 0.25) is 0 Å². The minimum absolute atomic E-state index is 0.928. The van der Waals surface area contributed by atoms with E-state index in [2.05, 4.69) is 32.9 Å². The molecule has 72 valence electrons. The van der Waals surface area contributed by atoms with Crippen LogP contribution in [-0.2, 0) is 12.8 Å². The molecule has 0 radical (unpaired) electrons. The Balaban J connectivity index is 3.09. The van der Waals surface area contributed by atoms with Gasteiger partial charge in [0.2, 0.25) is 0 Å². The van der Waals surface area contributed by atoms with Crippen molar-refractivity contribution in [2.24, 2.45) is 0 Å². The Morgan fingerprint density at radius 3 is 2.38 bits per heavy atom. The highest BCUT2D eigenvalue weighted by Gasteiger charge is 2.02. The third-order valence-corrected chi connectivity index (χ3v) is 2.49. The normalized spacial score (nSPS) is 10.4. The van der Waals surface area contributed by atoms with Gasteiger partial charge in [-0.2, -0.15) is 0 Å². The lowest BCUT2D eigenvalue weighted by Gasteiger charge is -2.10. The number of anilines is 1. The summed E-state index contributed by atoms with van der Waals surface area (Å²) in [7, 11) is 0. The van der Waals surface area contributed by atoms with Crippen molar-refractivity contribution < 1.29 is 0 Å². The molecule has 0 heterocycles. The molecule has 0 aliphatic rings. The molecule has 0 aromatic heterocycles. The van der Waals surface area contributed by atoms with Gasteiger partial charge in [-0.1, -0.05) is 26.3 Å². The van der Waals surface area contributed by atoms with Gasteiger partial charge in [-0.25, -0.2) is 0 Å². The second-order valence-electron chi connectivity index (χ2n) is 3.58. The molecular weight excluding hydrogens is 158 g/mol. The molecule has 0 bridgehead atoms. The number of nitrogen functional groups attached to an aromatic ring is 1. The zero-order valence-corrected chi connectivity index (χ0v) is 8.85. The second-order valence-corrected chi connectivity index (χ2v) is 3.58. The van der Waals surface area contributed by atoms with Crippen molar-refractivity contribution in [3.8, 4) is 0 Å². The monoisotopic (exact) mass is 177 g/mol. The number of hydrogen-bond acceptors (Lipinski definition) is 1. The van der Waals surface area contributed by atoms with Gasteiger partial charge >= 0.3 is 0 Å². The molecule has 0 unspecified atom stereocenters. The molecule has 2 N–H and O–H groups in total. The molecule has 0 atom stereocenters. The van der Waals surface area contributed by atoms with Crippen molar-refractivity contribution in [2.75, 3.05) is 5.73 Å². The topological polar surface area (TPSA) is 26.0 Å². The number of benzene rings is 1. The average molecular weight is 177 g/mol. The Bertz CT molecular complexity index is 289. The maximum Gasteiger partial charge on any atom is 0.0346 e. The van der Waals surface area contributed by atoms with Crippen molar-refractivity contribution in [1.29, 1.82) is 0 Å². The lowest BCUT2D eigenvalue weighted by atomic mass is 9.98. The summed E-state index contributed by atoms with van der Waals surface area (Å²) in [6, 6.07) is 4.36. The van der Waals surface area contributed by atoms with Gasteiger partial charge < -0.3 is 5.73 Å². The lowest BCUT2D eigenvalue weighted by Crippen LogP contribution is -1.98. The second kappa shape index (κ2) is 4.31. The summed E-state index contributed by atoms with van der Waals surface area (Å²) in [5, 5.41) is 0. The van der Waals surface area contributed by atoms with Crippen LogP contribution in [0.5, 0.6) is 0 Å². The summed E-state index contributed by atoms with van der Waals surface area (Å²) in [5.74, 6) is 0. The minimum atomic E-state index is 0.928. The van der Waals surface area contributed by atoms with E-state index >= 15 is 0 Å². The highest BCUT2D eigenvalue weighted by atomic mass is 14.6. The molecule has 1 nitrogen and oxygen atoms in total. The van der Waals surface area contributed by atoms with Crippen LogP contribution in [0, 0.1) is 6.92 Å². The lowest BCUT2D eigenvalue weighted by molar-refractivity contribution is 0.898. The van der Waals surface area contributed by atoms with Crippen LogP contribution >= 0.6 is 0 Å². The summed E-state index contributed by atoms with van der Waals surface area (Å²) in [5.41, 5.74) is 10.9. The summed E-state index contributed by atoms with van der Waals surface area (Å²) >= 11 is 0. The van der Waals surface area contributed by atoms with Crippen LogP contribution in [0.3, 0.4) is 0 Å². The first-order valence-corrected chi connectivity index (χ1v) is 5.06. The largest absolute Gasteiger partial charge is 0.399 e. The van der Waals surface area contributed by atoms with Crippen LogP contribution < -0.4 is 5.73 Å². The zero-order chi connectivity index (χ0) is 9.84. The summed E-state index contributed by atoms with van der Waals surface area (Å²) in [6.45, 7) is 6.47. The van der Waals surface area contributed by atoms with Gasteiger partial charge in [-0.05, 0) is 42.5 Å². The molecule has 0 amide bonds. The molecule has 0 spiro atoms. The van der Waals surface area contributed by atoms with E-state index in [1.54, 1.807) is 0 Å². The van der Waals surface area contributed by atoms with E-state index in [0.29, 0.717) is 0 Å². The quantitative estimate of drug-likeness (QED) is 0.705. The van der Waals surface area contributed by atoms with Crippen LogP contribution in [0.25, 0.3) is 0 Å². The molecular formula is C12H19N. The third kappa shape index (κ3) is 2.24. The predicted molar refractivity (Wildman–Crippen MR) is 59.0 cm³/mol. The standard InChI is InChI=1S/C12H19N/c1-4-6-11-7-9(3)12(13)8-10(11)5-2/h7-8H,4-6,13H2,1-3H3. The molecule has 1 rings (SSSR count). The van der Waals surface area contributed by atoms with Crippen molar-refractivity contribution in [3.63, 3.8) is 0 Å². The predicted octanol–water partition coefficient (Wildman–Crippen LogP) is 3.09. The van der Waals surface area contributed by atoms with E-state index in [-0.39, 0.29) is 0 Å². The van der Waals surface area contributed by atoms with Gasteiger partial charge in [0.15, 0.2) is 0 Å². The Morgan fingerprint density at radius 2 is 1.85 bits per heavy atom. The first-order chi connectivity index (χ1) is 6.19.